The van der Waals surface area contributed by atoms with E-state index in [0.717, 1.165) is 12.1 Å². The molecule has 0 radical (unpaired) electrons. The van der Waals surface area contributed by atoms with Crippen molar-refractivity contribution in [3.8, 4) is 5.75 Å². The fourth-order valence-electron chi connectivity index (χ4n) is 3.81. The number of aromatic hydroxyl groups is 1. The summed E-state index contributed by atoms with van der Waals surface area (Å²) in [5.74, 6) is -3.32. The van der Waals surface area contributed by atoms with Crippen LogP contribution in [0.25, 0.3) is 5.76 Å². The summed E-state index contributed by atoms with van der Waals surface area (Å²) in [4.78, 5) is 39.4. The van der Waals surface area contributed by atoms with Crippen molar-refractivity contribution in [2.45, 2.75) is 13.0 Å². The number of carbonyl (C=O) groups is 3. The number of rotatable bonds is 5. The van der Waals surface area contributed by atoms with Crippen molar-refractivity contribution in [1.29, 1.82) is 0 Å². The molecule has 8 heteroatoms. The zero-order valence-corrected chi connectivity index (χ0v) is 18.1. The second kappa shape index (κ2) is 9.19. The molecular formula is C26H20FNO6. The summed E-state index contributed by atoms with van der Waals surface area (Å²) in [7, 11) is 0. The topological polar surface area (TPSA) is 104 Å². The van der Waals surface area contributed by atoms with Gasteiger partial charge in [-0.3, -0.25) is 14.5 Å². The van der Waals surface area contributed by atoms with E-state index in [4.69, 9.17) is 4.74 Å². The highest BCUT2D eigenvalue weighted by Crippen LogP contribution is 2.42. The molecule has 0 spiro atoms. The molecule has 0 aliphatic carbocycles. The quantitative estimate of drug-likeness (QED) is 0.254. The van der Waals surface area contributed by atoms with Crippen molar-refractivity contribution in [2.24, 2.45) is 0 Å². The molecule has 172 valence electrons. The van der Waals surface area contributed by atoms with E-state index >= 15 is 0 Å². The van der Waals surface area contributed by atoms with Gasteiger partial charge in [0.1, 0.15) is 17.3 Å². The number of ketones is 1. The summed E-state index contributed by atoms with van der Waals surface area (Å²) in [5.41, 5.74) is 1.02. The summed E-state index contributed by atoms with van der Waals surface area (Å²) in [6.07, 6.45) is 0. The summed E-state index contributed by atoms with van der Waals surface area (Å²) in [5, 5.41) is 20.7. The first-order valence-corrected chi connectivity index (χ1v) is 10.4. The molecule has 3 aromatic carbocycles. The molecule has 1 aliphatic heterocycles. The zero-order chi connectivity index (χ0) is 24.4. The minimum Gasteiger partial charge on any atom is -0.508 e. The molecule has 7 nitrogen and oxygen atoms in total. The Kier molecular flexibility index (Phi) is 6.14. The highest BCUT2D eigenvalue weighted by Gasteiger charge is 2.47. The molecule has 1 amide bonds. The fraction of sp³-hybridized carbons (Fsp3) is 0.115. The number of Topliss-reactive ketones (excluding diaryl/α,β-unsaturated/α-hetero) is 1. The second-order valence-corrected chi connectivity index (χ2v) is 7.53. The summed E-state index contributed by atoms with van der Waals surface area (Å²) < 4.78 is 18.4. The van der Waals surface area contributed by atoms with Gasteiger partial charge in [-0.15, -0.1) is 0 Å². The van der Waals surface area contributed by atoms with Crippen LogP contribution >= 0.6 is 0 Å². The van der Waals surface area contributed by atoms with E-state index in [-0.39, 0.29) is 29.1 Å². The Bertz CT molecular complexity index is 1280. The van der Waals surface area contributed by atoms with Crippen LogP contribution in [0.2, 0.25) is 0 Å². The van der Waals surface area contributed by atoms with E-state index in [2.05, 4.69) is 0 Å². The number of hydrogen-bond acceptors (Lipinski definition) is 6. The van der Waals surface area contributed by atoms with Crippen molar-refractivity contribution in [3.63, 3.8) is 0 Å². The van der Waals surface area contributed by atoms with Crippen LogP contribution in [0.1, 0.15) is 34.5 Å². The predicted octanol–water partition coefficient (Wildman–Crippen LogP) is 4.33. The van der Waals surface area contributed by atoms with Gasteiger partial charge in [-0.25, -0.2) is 9.18 Å². The van der Waals surface area contributed by atoms with Crippen molar-refractivity contribution < 1.29 is 33.7 Å². The van der Waals surface area contributed by atoms with E-state index in [1.54, 1.807) is 6.92 Å². The van der Waals surface area contributed by atoms with Gasteiger partial charge in [-0.05, 0) is 73.2 Å². The lowest BCUT2D eigenvalue weighted by molar-refractivity contribution is -0.132. The third kappa shape index (κ3) is 4.13. The molecule has 1 saturated heterocycles. The van der Waals surface area contributed by atoms with Gasteiger partial charge in [-0.2, -0.15) is 0 Å². The largest absolute Gasteiger partial charge is 0.508 e. The van der Waals surface area contributed by atoms with Gasteiger partial charge < -0.3 is 14.9 Å². The van der Waals surface area contributed by atoms with Crippen molar-refractivity contribution in [1.82, 2.24) is 0 Å². The number of hydrogen-bond donors (Lipinski definition) is 2. The maximum absolute atomic E-state index is 13.4. The average molecular weight is 461 g/mol. The van der Waals surface area contributed by atoms with Crippen molar-refractivity contribution in [3.05, 3.63) is 101 Å². The van der Waals surface area contributed by atoms with Crippen LogP contribution in [0, 0.1) is 5.82 Å². The number of nitrogens with zero attached hydrogens (tertiary/aromatic N) is 1. The number of phenolic OH excluding ortho intramolecular Hbond substituents is 1. The summed E-state index contributed by atoms with van der Waals surface area (Å²) in [6, 6.07) is 15.7. The molecule has 0 saturated carbocycles. The summed E-state index contributed by atoms with van der Waals surface area (Å²) in [6.45, 7) is 1.89. The molecule has 1 aliphatic rings. The molecule has 1 atom stereocenters. The van der Waals surface area contributed by atoms with Gasteiger partial charge in [-0.1, -0.05) is 12.1 Å². The number of aliphatic hydroxyl groups excluding tert-OH is 1. The van der Waals surface area contributed by atoms with E-state index in [1.165, 1.54) is 65.6 Å². The van der Waals surface area contributed by atoms with E-state index in [0.29, 0.717) is 11.3 Å². The number of ether oxygens (including phenoxy) is 1. The first-order chi connectivity index (χ1) is 16.3. The Hall–Kier alpha value is -4.46. The number of phenols is 1. The van der Waals surface area contributed by atoms with Crippen LogP contribution in [-0.2, 0) is 14.3 Å². The van der Waals surface area contributed by atoms with Gasteiger partial charge in [0.15, 0.2) is 0 Å². The molecule has 1 heterocycles. The molecule has 1 fully saturated rings. The third-order valence-electron chi connectivity index (χ3n) is 5.43. The monoisotopic (exact) mass is 461 g/mol. The first-order valence-electron chi connectivity index (χ1n) is 10.4. The molecule has 0 bridgehead atoms. The van der Waals surface area contributed by atoms with Gasteiger partial charge in [0.25, 0.3) is 11.7 Å². The molecule has 2 N–H and O–H groups in total. The van der Waals surface area contributed by atoms with Crippen LogP contribution in [-0.4, -0.2) is 34.5 Å². The standard InChI is InChI=1S/C26H20FNO6/c1-2-34-26(33)17-5-11-19(12-6-17)28-22(15-7-13-20(29)14-8-15)21(24(31)25(28)32)23(30)16-3-9-18(27)10-4-16/h3-14,22,29-30H,2H2,1H3/b23-21+. The molecular weight excluding hydrogens is 441 g/mol. The molecule has 34 heavy (non-hydrogen) atoms. The van der Waals surface area contributed by atoms with Gasteiger partial charge in [0.05, 0.1) is 23.8 Å². The first kappa shape index (κ1) is 22.7. The lowest BCUT2D eigenvalue weighted by Crippen LogP contribution is -2.29. The highest BCUT2D eigenvalue weighted by atomic mass is 19.1. The van der Waals surface area contributed by atoms with Gasteiger partial charge >= 0.3 is 5.97 Å². The van der Waals surface area contributed by atoms with Crippen LogP contribution in [0.15, 0.2) is 78.4 Å². The number of carbonyl (C=O) groups excluding carboxylic acids is 3. The maximum atomic E-state index is 13.4. The number of halogens is 1. The lowest BCUT2D eigenvalue weighted by atomic mass is 9.95. The lowest BCUT2D eigenvalue weighted by Gasteiger charge is -2.25. The molecule has 0 aromatic heterocycles. The Labute approximate surface area is 194 Å². The smallest absolute Gasteiger partial charge is 0.338 e. The number of esters is 1. The van der Waals surface area contributed by atoms with Crippen LogP contribution in [0.5, 0.6) is 5.75 Å². The second-order valence-electron chi connectivity index (χ2n) is 7.53. The van der Waals surface area contributed by atoms with Crippen molar-refractivity contribution in [2.75, 3.05) is 11.5 Å². The fourth-order valence-corrected chi connectivity index (χ4v) is 3.81. The normalized spacial score (nSPS) is 17.1. The molecule has 3 aromatic rings. The number of amides is 1. The van der Waals surface area contributed by atoms with E-state index in [1.807, 2.05) is 0 Å². The predicted molar refractivity (Wildman–Crippen MR) is 122 cm³/mol. The Morgan fingerprint density at radius 3 is 2.12 bits per heavy atom. The van der Waals surface area contributed by atoms with E-state index in [9.17, 15) is 29.0 Å². The Balaban J connectivity index is 1.85. The maximum Gasteiger partial charge on any atom is 0.338 e. The third-order valence-corrected chi connectivity index (χ3v) is 5.43. The minimum atomic E-state index is -1.03. The SMILES string of the molecule is CCOC(=O)c1ccc(N2C(=O)C(=O)/C(=C(/O)c3ccc(F)cc3)C2c2ccc(O)cc2)cc1. The highest BCUT2D eigenvalue weighted by molar-refractivity contribution is 6.51. The number of anilines is 1. The Morgan fingerprint density at radius 2 is 1.53 bits per heavy atom. The van der Waals surface area contributed by atoms with Gasteiger partial charge in [0.2, 0.25) is 0 Å². The number of aliphatic hydroxyl groups is 1. The van der Waals surface area contributed by atoms with Gasteiger partial charge in [0, 0.05) is 11.3 Å². The van der Waals surface area contributed by atoms with E-state index < -0.39 is 35.3 Å². The van der Waals surface area contributed by atoms with Crippen LogP contribution in [0.4, 0.5) is 10.1 Å². The molecule has 1 unspecified atom stereocenters. The summed E-state index contributed by atoms with van der Waals surface area (Å²) >= 11 is 0. The molecule has 4 rings (SSSR count). The van der Waals surface area contributed by atoms with Crippen LogP contribution < -0.4 is 4.90 Å². The van der Waals surface area contributed by atoms with Crippen LogP contribution in [0.3, 0.4) is 0 Å². The van der Waals surface area contributed by atoms with Crippen molar-refractivity contribution >= 4 is 29.1 Å². The minimum absolute atomic E-state index is 0.0157. The number of benzene rings is 3. The Morgan fingerprint density at radius 1 is 0.941 bits per heavy atom. The zero-order valence-electron chi connectivity index (χ0n) is 18.1. The average Bonchev–Trinajstić information content (AvgIpc) is 3.10.